The van der Waals surface area contributed by atoms with Gasteiger partial charge in [-0.2, -0.15) is 0 Å². The molecule has 5 aromatic rings. The van der Waals surface area contributed by atoms with E-state index in [1.807, 2.05) is 29.8 Å². The van der Waals surface area contributed by atoms with Gasteiger partial charge in [-0.05, 0) is 30.3 Å². The van der Waals surface area contributed by atoms with Gasteiger partial charge in [-0.1, -0.05) is 11.3 Å². The molecule has 152 valence electrons. The Morgan fingerprint density at radius 3 is 2.73 bits per heavy atom. The highest BCUT2D eigenvalue weighted by Crippen LogP contribution is 2.33. The fraction of sp³-hybridized carbons (Fsp3) is 0.105. The lowest BCUT2D eigenvalue weighted by molar-refractivity contribution is -0.274. The maximum Gasteiger partial charge on any atom is 0.573 e. The van der Waals surface area contributed by atoms with Gasteiger partial charge in [-0.25, -0.2) is 15.0 Å². The fourth-order valence-electron chi connectivity index (χ4n) is 3.13. The summed E-state index contributed by atoms with van der Waals surface area (Å²) in [6, 6.07) is 9.87. The van der Waals surface area contributed by atoms with Gasteiger partial charge >= 0.3 is 6.36 Å². The summed E-state index contributed by atoms with van der Waals surface area (Å²) in [5.74, 6) is 1.03. The quantitative estimate of drug-likeness (QED) is 0.409. The Labute approximate surface area is 171 Å². The molecular formula is C19H13F3N6OS. The largest absolute Gasteiger partial charge is 0.573 e. The van der Waals surface area contributed by atoms with E-state index >= 15 is 0 Å². The van der Waals surface area contributed by atoms with Crippen LogP contribution >= 0.6 is 11.3 Å². The average Bonchev–Trinajstić information content (AvgIpc) is 3.40. The number of hydrogen-bond acceptors (Lipinski definition) is 6. The van der Waals surface area contributed by atoms with Crippen LogP contribution in [0.3, 0.4) is 0 Å². The number of ether oxygens (including phenoxy) is 1. The fourth-order valence-corrected chi connectivity index (χ4v) is 4.02. The second-order valence-corrected chi connectivity index (χ2v) is 7.49. The summed E-state index contributed by atoms with van der Waals surface area (Å²) in [7, 11) is 1.87. The number of nitrogens with zero attached hydrogens (tertiary/aromatic N) is 4. The number of aryl methyl sites for hydroxylation is 1. The Morgan fingerprint density at radius 2 is 1.97 bits per heavy atom. The van der Waals surface area contributed by atoms with Gasteiger partial charge in [0, 0.05) is 31.1 Å². The zero-order valence-corrected chi connectivity index (χ0v) is 16.2. The first-order chi connectivity index (χ1) is 14.4. The molecule has 3 heterocycles. The molecule has 0 aliphatic rings. The zero-order chi connectivity index (χ0) is 20.9. The highest BCUT2D eigenvalue weighted by Gasteiger charge is 2.31. The van der Waals surface area contributed by atoms with Crippen LogP contribution in [0.4, 0.5) is 24.3 Å². The molecule has 0 unspecified atom stereocenters. The van der Waals surface area contributed by atoms with Gasteiger partial charge < -0.3 is 19.6 Å². The summed E-state index contributed by atoms with van der Waals surface area (Å²) in [5.41, 5.74) is 3.16. The predicted octanol–water partition coefficient (Wildman–Crippen LogP) is 5.22. The SMILES string of the molecule is Cn1c(Nc2nc3ccc(OC(F)(F)F)cc3s2)nc2cc(-c3ncc[nH]3)ccc21. The van der Waals surface area contributed by atoms with E-state index in [1.54, 1.807) is 12.4 Å². The van der Waals surface area contributed by atoms with Crippen molar-refractivity contribution in [1.82, 2.24) is 24.5 Å². The van der Waals surface area contributed by atoms with E-state index < -0.39 is 6.36 Å². The number of benzene rings is 2. The molecule has 11 heteroatoms. The molecule has 5 rings (SSSR count). The third-order valence-electron chi connectivity index (χ3n) is 4.46. The van der Waals surface area contributed by atoms with Crippen LogP contribution in [-0.4, -0.2) is 30.9 Å². The van der Waals surface area contributed by atoms with E-state index in [4.69, 9.17) is 0 Å². The third kappa shape index (κ3) is 3.43. The number of thiazole rings is 1. The van der Waals surface area contributed by atoms with Crippen LogP contribution in [0, 0.1) is 0 Å². The summed E-state index contributed by atoms with van der Waals surface area (Å²) in [6.45, 7) is 0. The summed E-state index contributed by atoms with van der Waals surface area (Å²) >= 11 is 1.21. The topological polar surface area (TPSA) is 80.7 Å². The molecule has 2 N–H and O–H groups in total. The van der Waals surface area contributed by atoms with Crippen LogP contribution in [0.5, 0.6) is 5.75 Å². The number of hydrogen-bond donors (Lipinski definition) is 2. The smallest absolute Gasteiger partial charge is 0.406 e. The number of fused-ring (bicyclic) bond motifs is 2. The molecule has 0 atom stereocenters. The van der Waals surface area contributed by atoms with E-state index in [0.717, 1.165) is 22.4 Å². The van der Waals surface area contributed by atoms with Crippen molar-refractivity contribution in [3.63, 3.8) is 0 Å². The van der Waals surface area contributed by atoms with Gasteiger partial charge in [-0.3, -0.25) is 0 Å². The number of aromatic nitrogens is 5. The van der Waals surface area contributed by atoms with E-state index in [9.17, 15) is 13.2 Å². The van der Waals surface area contributed by atoms with Gasteiger partial charge in [-0.15, -0.1) is 13.2 Å². The molecule has 2 aromatic carbocycles. The molecule has 7 nitrogen and oxygen atoms in total. The molecule has 0 radical (unpaired) electrons. The first-order valence-corrected chi connectivity index (χ1v) is 9.57. The number of aromatic amines is 1. The summed E-state index contributed by atoms with van der Waals surface area (Å²) in [6.07, 6.45) is -1.30. The lowest BCUT2D eigenvalue weighted by Gasteiger charge is -2.07. The minimum Gasteiger partial charge on any atom is -0.406 e. The average molecular weight is 430 g/mol. The van der Waals surface area contributed by atoms with Crippen LogP contribution in [-0.2, 0) is 7.05 Å². The first kappa shape index (κ1) is 18.4. The highest BCUT2D eigenvalue weighted by atomic mass is 32.1. The second-order valence-electron chi connectivity index (χ2n) is 6.46. The van der Waals surface area contributed by atoms with Crippen molar-refractivity contribution in [3.05, 3.63) is 48.8 Å². The lowest BCUT2D eigenvalue weighted by Crippen LogP contribution is -2.16. The second kappa shape index (κ2) is 6.73. The van der Waals surface area contributed by atoms with Crippen LogP contribution in [0.15, 0.2) is 48.8 Å². The van der Waals surface area contributed by atoms with Crippen molar-refractivity contribution in [1.29, 1.82) is 0 Å². The van der Waals surface area contributed by atoms with Gasteiger partial charge in [0.25, 0.3) is 0 Å². The van der Waals surface area contributed by atoms with Crippen molar-refractivity contribution in [3.8, 4) is 17.1 Å². The number of H-pyrrole nitrogens is 1. The molecule has 0 saturated heterocycles. The van der Waals surface area contributed by atoms with Crippen molar-refractivity contribution >= 4 is 43.7 Å². The molecule has 0 amide bonds. The highest BCUT2D eigenvalue weighted by molar-refractivity contribution is 7.22. The Hall–Kier alpha value is -3.60. The van der Waals surface area contributed by atoms with E-state index in [0.29, 0.717) is 21.3 Å². The number of imidazole rings is 2. The maximum atomic E-state index is 12.4. The van der Waals surface area contributed by atoms with Crippen molar-refractivity contribution in [2.45, 2.75) is 6.36 Å². The zero-order valence-electron chi connectivity index (χ0n) is 15.4. The van der Waals surface area contributed by atoms with Crippen molar-refractivity contribution in [2.24, 2.45) is 7.05 Å². The molecule has 0 saturated carbocycles. The maximum absolute atomic E-state index is 12.4. The Morgan fingerprint density at radius 1 is 1.10 bits per heavy atom. The normalized spacial score (nSPS) is 12.0. The Bertz CT molecular complexity index is 1360. The van der Waals surface area contributed by atoms with E-state index in [2.05, 4.69) is 30.0 Å². The van der Waals surface area contributed by atoms with E-state index in [-0.39, 0.29) is 5.75 Å². The van der Waals surface area contributed by atoms with Crippen molar-refractivity contribution < 1.29 is 17.9 Å². The summed E-state index contributed by atoms with van der Waals surface area (Å²) in [4.78, 5) is 16.3. The molecule has 3 aromatic heterocycles. The molecule has 30 heavy (non-hydrogen) atoms. The molecule has 0 bridgehead atoms. The molecule has 0 spiro atoms. The lowest BCUT2D eigenvalue weighted by atomic mass is 10.2. The first-order valence-electron chi connectivity index (χ1n) is 8.75. The minimum atomic E-state index is -4.74. The number of alkyl halides is 3. The van der Waals surface area contributed by atoms with Gasteiger partial charge in [0.2, 0.25) is 5.95 Å². The van der Waals surface area contributed by atoms with Gasteiger partial charge in [0.15, 0.2) is 5.13 Å². The molecular weight excluding hydrogens is 417 g/mol. The van der Waals surface area contributed by atoms with Crippen molar-refractivity contribution in [2.75, 3.05) is 5.32 Å². The Balaban J connectivity index is 1.46. The molecule has 0 aliphatic carbocycles. The number of anilines is 2. The monoisotopic (exact) mass is 430 g/mol. The Kier molecular flexibility index (Phi) is 4.13. The summed E-state index contributed by atoms with van der Waals surface area (Å²) in [5, 5.41) is 3.66. The minimum absolute atomic E-state index is 0.279. The standard InChI is InChI=1S/C19H13F3N6OS/c1-28-14-5-2-10(16-23-6-7-24-16)8-13(14)25-17(28)27-18-26-12-4-3-11(9-15(12)30-18)29-19(20,21)22/h2-9H,1H3,(H,23,24)(H,25,26,27). The summed E-state index contributed by atoms with van der Waals surface area (Å²) < 4.78 is 43.7. The third-order valence-corrected chi connectivity index (χ3v) is 5.40. The number of halogens is 3. The predicted molar refractivity (Wildman–Crippen MR) is 108 cm³/mol. The van der Waals surface area contributed by atoms with Gasteiger partial charge in [0.1, 0.15) is 11.6 Å². The van der Waals surface area contributed by atoms with Crippen LogP contribution in [0.25, 0.3) is 32.6 Å². The van der Waals surface area contributed by atoms with Crippen LogP contribution < -0.4 is 10.1 Å². The van der Waals surface area contributed by atoms with Crippen LogP contribution in [0.2, 0.25) is 0 Å². The number of rotatable bonds is 4. The molecule has 0 aliphatic heterocycles. The molecule has 0 fully saturated rings. The van der Waals surface area contributed by atoms with Gasteiger partial charge in [0.05, 0.1) is 21.3 Å². The van der Waals surface area contributed by atoms with E-state index in [1.165, 1.54) is 29.5 Å². The van der Waals surface area contributed by atoms with Crippen LogP contribution in [0.1, 0.15) is 0 Å². The number of nitrogens with one attached hydrogen (secondary N) is 2.